The molecule has 3 nitrogen and oxygen atoms in total. The van der Waals surface area contributed by atoms with Gasteiger partial charge in [-0.15, -0.1) is 0 Å². The van der Waals surface area contributed by atoms with Gasteiger partial charge < -0.3 is 10.0 Å². The van der Waals surface area contributed by atoms with E-state index in [1.807, 2.05) is 0 Å². The van der Waals surface area contributed by atoms with Crippen LogP contribution in [-0.2, 0) is 12.0 Å². The molecule has 0 saturated heterocycles. The lowest BCUT2D eigenvalue weighted by Crippen LogP contribution is -2.54. The number of alkyl halides is 6. The van der Waals surface area contributed by atoms with Crippen molar-refractivity contribution in [3.05, 3.63) is 63.1 Å². The van der Waals surface area contributed by atoms with Gasteiger partial charge in [-0.2, -0.15) is 26.3 Å². The molecule has 0 radical (unpaired) electrons. The summed E-state index contributed by atoms with van der Waals surface area (Å²) < 4.78 is 79.5. The van der Waals surface area contributed by atoms with Gasteiger partial charge in [-0.1, -0.05) is 41.4 Å². The maximum absolute atomic E-state index is 13.2. The van der Waals surface area contributed by atoms with Gasteiger partial charge >= 0.3 is 12.4 Å². The van der Waals surface area contributed by atoms with Crippen molar-refractivity contribution < 1.29 is 36.2 Å². The number of halogens is 8. The maximum Gasteiger partial charge on any atom is 0.430 e. The third-order valence-corrected chi connectivity index (χ3v) is 5.74. The van der Waals surface area contributed by atoms with Crippen LogP contribution in [0.2, 0.25) is 10.0 Å². The SMILES string of the molecule is O=C(c1c(Cl)cccc1Cl)N1CCCCc2cc(C(O)(C(F)(F)F)C(F)(F)F)ccc21. The highest BCUT2D eigenvalue weighted by Gasteiger charge is 2.71. The standard InChI is InChI=1S/C20H15Cl2F6NO2/c21-13-5-3-6-14(22)16(13)17(30)29-9-2-1-4-11-10-12(7-8-15(11)29)18(31,19(23,24)25)20(26,27)28/h3,5-8,10,31H,1-2,4,9H2. The van der Waals surface area contributed by atoms with Crippen molar-refractivity contribution in [1.29, 1.82) is 0 Å². The van der Waals surface area contributed by atoms with Crippen molar-refractivity contribution in [2.75, 3.05) is 11.4 Å². The van der Waals surface area contributed by atoms with E-state index in [4.69, 9.17) is 23.2 Å². The Bertz CT molecular complexity index is 972. The van der Waals surface area contributed by atoms with E-state index in [1.54, 1.807) is 0 Å². The first kappa shape index (κ1) is 23.7. The molecule has 3 rings (SSSR count). The fourth-order valence-corrected chi connectivity index (χ4v) is 4.08. The number of carbonyl (C=O) groups is 1. The quantitative estimate of drug-likeness (QED) is 0.508. The number of nitrogens with zero attached hydrogens (tertiary/aromatic N) is 1. The molecule has 0 spiro atoms. The molecule has 31 heavy (non-hydrogen) atoms. The second kappa shape index (κ2) is 8.18. The lowest BCUT2D eigenvalue weighted by molar-refractivity contribution is -0.376. The van der Waals surface area contributed by atoms with Crippen molar-refractivity contribution >= 4 is 34.8 Å². The summed E-state index contributed by atoms with van der Waals surface area (Å²) in [5.41, 5.74) is -6.23. The second-order valence-electron chi connectivity index (χ2n) is 7.06. The first-order chi connectivity index (χ1) is 14.3. The molecule has 1 heterocycles. The molecule has 1 N–H and O–H groups in total. The van der Waals surface area contributed by atoms with Crippen LogP contribution >= 0.6 is 23.2 Å². The molecule has 0 atom stereocenters. The molecule has 0 aromatic heterocycles. The Hall–Kier alpha value is -1.97. The van der Waals surface area contributed by atoms with Crippen LogP contribution in [-0.4, -0.2) is 29.9 Å². The molecule has 1 amide bonds. The molecule has 168 valence electrons. The number of hydrogen-bond acceptors (Lipinski definition) is 2. The number of anilines is 1. The van der Waals surface area contributed by atoms with Crippen molar-refractivity contribution in [3.63, 3.8) is 0 Å². The largest absolute Gasteiger partial charge is 0.430 e. The third kappa shape index (κ3) is 4.10. The zero-order chi connectivity index (χ0) is 23.2. The second-order valence-corrected chi connectivity index (χ2v) is 7.87. The van der Waals surface area contributed by atoms with Gasteiger partial charge in [0.15, 0.2) is 0 Å². The summed E-state index contributed by atoms with van der Waals surface area (Å²) in [5, 5.41) is 9.81. The zero-order valence-corrected chi connectivity index (χ0v) is 17.1. The van der Waals surface area contributed by atoms with Gasteiger partial charge in [0.2, 0.25) is 0 Å². The molecule has 2 aromatic carbocycles. The number of fused-ring (bicyclic) bond motifs is 1. The fourth-order valence-electron chi connectivity index (χ4n) is 3.52. The Labute approximate surface area is 183 Å². The summed E-state index contributed by atoms with van der Waals surface area (Å²) in [5.74, 6) is -0.631. The Morgan fingerprint density at radius 1 is 0.935 bits per heavy atom. The smallest absolute Gasteiger partial charge is 0.369 e. The normalized spacial score (nSPS) is 15.5. The molecule has 2 aromatic rings. The molecule has 11 heteroatoms. The molecule has 0 bridgehead atoms. The molecular weight excluding hydrogens is 471 g/mol. The van der Waals surface area contributed by atoms with Crippen molar-refractivity contribution in [2.24, 2.45) is 0 Å². The predicted octanol–water partition coefficient (Wildman–Crippen LogP) is 6.29. The molecule has 1 aliphatic rings. The number of amides is 1. The number of aryl methyl sites for hydroxylation is 1. The van der Waals surface area contributed by atoms with Crippen LogP contribution in [0, 0.1) is 0 Å². The summed E-state index contributed by atoms with van der Waals surface area (Å²) in [6.07, 6.45) is -11.0. The molecular formula is C20H15Cl2F6NO2. The van der Waals surface area contributed by atoms with Crippen molar-refractivity contribution in [1.82, 2.24) is 0 Å². The van der Waals surface area contributed by atoms with Gasteiger partial charge in [-0.3, -0.25) is 4.79 Å². The highest BCUT2D eigenvalue weighted by atomic mass is 35.5. The van der Waals surface area contributed by atoms with E-state index in [-0.39, 0.29) is 39.8 Å². The lowest BCUT2D eigenvalue weighted by Gasteiger charge is -2.33. The Morgan fingerprint density at radius 3 is 2.06 bits per heavy atom. The number of hydrogen-bond donors (Lipinski definition) is 1. The predicted molar refractivity (Wildman–Crippen MR) is 104 cm³/mol. The van der Waals surface area contributed by atoms with E-state index in [0.29, 0.717) is 25.0 Å². The molecule has 0 saturated carbocycles. The highest BCUT2D eigenvalue weighted by molar-refractivity contribution is 6.40. The average molecular weight is 486 g/mol. The average Bonchev–Trinajstić information content (AvgIpc) is 2.87. The van der Waals surface area contributed by atoms with Crippen LogP contribution in [0.15, 0.2) is 36.4 Å². The van der Waals surface area contributed by atoms with Crippen LogP contribution in [0.25, 0.3) is 0 Å². The van der Waals surface area contributed by atoms with Gasteiger partial charge in [-0.05, 0) is 43.0 Å². The Morgan fingerprint density at radius 2 is 1.52 bits per heavy atom. The van der Waals surface area contributed by atoms with E-state index in [1.165, 1.54) is 23.1 Å². The summed E-state index contributed by atoms with van der Waals surface area (Å²) in [6.45, 7) is 0.162. The minimum atomic E-state index is -6.00. The number of rotatable bonds is 2. The molecule has 1 aliphatic heterocycles. The highest BCUT2D eigenvalue weighted by Crippen LogP contribution is 2.50. The van der Waals surface area contributed by atoms with E-state index in [2.05, 4.69) is 0 Å². The topological polar surface area (TPSA) is 40.5 Å². The van der Waals surface area contributed by atoms with Gasteiger partial charge in [0, 0.05) is 17.8 Å². The summed E-state index contributed by atoms with van der Waals surface area (Å²) in [6, 6.07) is 6.56. The monoisotopic (exact) mass is 485 g/mol. The number of benzene rings is 2. The summed E-state index contributed by atoms with van der Waals surface area (Å²) in [4.78, 5) is 14.3. The third-order valence-electron chi connectivity index (χ3n) is 5.11. The van der Waals surface area contributed by atoms with E-state index >= 15 is 0 Å². The molecule has 0 fully saturated rings. The van der Waals surface area contributed by atoms with E-state index in [0.717, 1.165) is 6.07 Å². The zero-order valence-electron chi connectivity index (χ0n) is 15.6. The molecule has 0 unspecified atom stereocenters. The van der Waals surface area contributed by atoms with Crippen LogP contribution < -0.4 is 4.90 Å². The van der Waals surface area contributed by atoms with Gasteiger partial charge in [-0.25, -0.2) is 0 Å². The Kier molecular flexibility index (Phi) is 6.25. The van der Waals surface area contributed by atoms with Crippen molar-refractivity contribution in [2.45, 2.75) is 37.2 Å². The van der Waals surface area contributed by atoms with Crippen molar-refractivity contribution in [3.8, 4) is 0 Å². The minimum Gasteiger partial charge on any atom is -0.369 e. The van der Waals surface area contributed by atoms with E-state index < -0.39 is 29.4 Å². The van der Waals surface area contributed by atoms with Crippen LogP contribution in [0.4, 0.5) is 32.0 Å². The van der Waals surface area contributed by atoms with Gasteiger partial charge in [0.1, 0.15) is 0 Å². The van der Waals surface area contributed by atoms with Crippen LogP contribution in [0.3, 0.4) is 0 Å². The van der Waals surface area contributed by atoms with Crippen LogP contribution in [0.1, 0.15) is 34.3 Å². The first-order valence-electron chi connectivity index (χ1n) is 9.04. The number of aliphatic hydroxyl groups is 1. The van der Waals surface area contributed by atoms with Gasteiger partial charge in [0.05, 0.1) is 15.6 Å². The fraction of sp³-hybridized carbons (Fsp3) is 0.350. The number of carbonyl (C=O) groups excluding carboxylic acids is 1. The minimum absolute atomic E-state index is 0.0233. The summed E-state index contributed by atoms with van der Waals surface area (Å²) >= 11 is 12.2. The van der Waals surface area contributed by atoms with Gasteiger partial charge in [0.25, 0.3) is 11.5 Å². The lowest BCUT2D eigenvalue weighted by atomic mass is 9.89. The van der Waals surface area contributed by atoms with Crippen LogP contribution in [0.5, 0.6) is 0 Å². The summed E-state index contributed by atoms with van der Waals surface area (Å²) in [7, 11) is 0. The Balaban J connectivity index is 2.12. The first-order valence-corrected chi connectivity index (χ1v) is 9.79. The maximum atomic E-state index is 13.2. The molecule has 0 aliphatic carbocycles. The van der Waals surface area contributed by atoms with E-state index in [9.17, 15) is 36.2 Å².